The van der Waals surface area contributed by atoms with Crippen molar-refractivity contribution in [3.63, 3.8) is 0 Å². The van der Waals surface area contributed by atoms with Crippen molar-refractivity contribution in [2.75, 3.05) is 31.2 Å². The summed E-state index contributed by atoms with van der Waals surface area (Å²) < 4.78 is 0. The van der Waals surface area contributed by atoms with Crippen LogP contribution in [0.1, 0.15) is 66.9 Å². The molecule has 0 radical (unpaired) electrons. The highest BCUT2D eigenvalue weighted by atomic mass is 16.1. The van der Waals surface area contributed by atoms with Crippen LogP contribution in [-0.4, -0.2) is 52.0 Å². The van der Waals surface area contributed by atoms with Crippen LogP contribution in [0, 0.1) is 11.3 Å². The van der Waals surface area contributed by atoms with Gasteiger partial charge in [-0.25, -0.2) is 15.0 Å². The predicted octanol–water partition coefficient (Wildman–Crippen LogP) is 5.87. The molecule has 40 heavy (non-hydrogen) atoms. The number of aromatic nitrogens is 3. The quantitative estimate of drug-likeness (QED) is 0.233. The number of anilines is 1. The van der Waals surface area contributed by atoms with Gasteiger partial charge in [0.25, 0.3) is 5.91 Å². The van der Waals surface area contributed by atoms with Crippen molar-refractivity contribution in [1.82, 2.24) is 25.3 Å². The monoisotopic (exact) mass is 535 g/mol. The number of hydrazine groups is 1. The summed E-state index contributed by atoms with van der Waals surface area (Å²) in [5.41, 5.74) is 5.07. The lowest BCUT2D eigenvalue weighted by molar-refractivity contribution is 0.0954. The highest BCUT2D eigenvalue weighted by Gasteiger charge is 2.21. The molecule has 1 aliphatic rings. The number of aromatic amines is 1. The zero-order valence-electron chi connectivity index (χ0n) is 23.2. The average Bonchev–Trinajstić information content (AvgIpc) is 3.42. The van der Waals surface area contributed by atoms with Crippen LogP contribution in [0.3, 0.4) is 0 Å². The van der Waals surface area contributed by atoms with Gasteiger partial charge in [0, 0.05) is 60.6 Å². The summed E-state index contributed by atoms with van der Waals surface area (Å²) in [4.78, 5) is 25.5. The lowest BCUT2D eigenvalue weighted by Crippen LogP contribution is -2.47. The Morgan fingerprint density at radius 2 is 1.93 bits per heavy atom. The zero-order chi connectivity index (χ0) is 27.7. The van der Waals surface area contributed by atoms with Crippen LogP contribution in [0.4, 0.5) is 5.95 Å². The van der Waals surface area contributed by atoms with Gasteiger partial charge in [0.2, 0.25) is 5.95 Å². The number of amides is 1. The molecule has 2 aromatic heterocycles. The minimum atomic E-state index is -0.109. The number of fused-ring (bicyclic) bond motifs is 1. The van der Waals surface area contributed by atoms with Crippen molar-refractivity contribution in [2.45, 2.75) is 51.9 Å². The van der Waals surface area contributed by atoms with Crippen LogP contribution in [0.15, 0.2) is 60.9 Å². The summed E-state index contributed by atoms with van der Waals surface area (Å²) in [7, 11) is 0. The predicted molar refractivity (Wildman–Crippen MR) is 159 cm³/mol. The molecule has 0 spiro atoms. The molecule has 1 saturated heterocycles. The molecule has 0 bridgehead atoms. The molecule has 0 aliphatic carbocycles. The van der Waals surface area contributed by atoms with Crippen molar-refractivity contribution < 1.29 is 4.79 Å². The molecule has 206 valence electrons. The van der Waals surface area contributed by atoms with E-state index >= 15 is 0 Å². The molecular weight excluding hydrogens is 498 g/mol. The maximum Gasteiger partial charge on any atom is 0.251 e. The lowest BCUT2D eigenvalue weighted by Gasteiger charge is -2.37. The van der Waals surface area contributed by atoms with E-state index in [1.807, 2.05) is 54.7 Å². The van der Waals surface area contributed by atoms with Gasteiger partial charge >= 0.3 is 0 Å². The van der Waals surface area contributed by atoms with Gasteiger partial charge in [0.05, 0.1) is 11.3 Å². The molecule has 1 amide bonds. The molecule has 0 unspecified atom stereocenters. The fraction of sp³-hybridized carbons (Fsp3) is 0.375. The average molecular weight is 536 g/mol. The van der Waals surface area contributed by atoms with Gasteiger partial charge in [0.15, 0.2) is 0 Å². The number of hydrogen-bond acceptors (Lipinski definition) is 6. The summed E-state index contributed by atoms with van der Waals surface area (Å²) in [6.07, 6.45) is 11.4. The summed E-state index contributed by atoms with van der Waals surface area (Å²) in [5, 5.41) is 17.9. The van der Waals surface area contributed by atoms with E-state index in [2.05, 4.69) is 38.3 Å². The molecular formula is C32H37N7O. The molecule has 1 aliphatic heterocycles. The number of nitrogens with one attached hydrogen (secondary N) is 2. The third kappa shape index (κ3) is 6.49. The molecule has 8 nitrogen and oxygen atoms in total. The largest absolute Gasteiger partial charge is 0.360 e. The van der Waals surface area contributed by atoms with Crippen LogP contribution in [0.25, 0.3) is 22.2 Å². The first-order chi connectivity index (χ1) is 19.7. The Balaban J connectivity index is 1.22. The van der Waals surface area contributed by atoms with Gasteiger partial charge in [-0.2, -0.15) is 5.26 Å². The van der Waals surface area contributed by atoms with Crippen molar-refractivity contribution in [3.8, 4) is 17.3 Å². The maximum atomic E-state index is 12.8. The zero-order valence-corrected chi connectivity index (χ0v) is 23.2. The van der Waals surface area contributed by atoms with Gasteiger partial charge < -0.3 is 10.3 Å². The molecule has 0 atom stereocenters. The first kappa shape index (κ1) is 27.4. The number of benzene rings is 2. The van der Waals surface area contributed by atoms with Gasteiger partial charge in [-0.15, -0.1) is 0 Å². The number of H-pyrrole nitrogens is 1. The van der Waals surface area contributed by atoms with E-state index in [-0.39, 0.29) is 5.91 Å². The number of rotatable bonds is 11. The summed E-state index contributed by atoms with van der Waals surface area (Å²) in [5.74, 6) is 0.639. The van der Waals surface area contributed by atoms with Gasteiger partial charge in [-0.1, -0.05) is 44.4 Å². The van der Waals surface area contributed by atoms with E-state index in [0.29, 0.717) is 24.1 Å². The number of piperidine rings is 1. The van der Waals surface area contributed by atoms with Gasteiger partial charge in [-0.05, 0) is 61.6 Å². The van der Waals surface area contributed by atoms with E-state index in [0.717, 1.165) is 59.7 Å². The second kappa shape index (κ2) is 13.2. The van der Waals surface area contributed by atoms with Crippen LogP contribution >= 0.6 is 0 Å². The van der Waals surface area contributed by atoms with E-state index in [1.165, 1.54) is 32.1 Å². The fourth-order valence-corrected chi connectivity index (χ4v) is 5.26. The number of nitriles is 1. The van der Waals surface area contributed by atoms with E-state index in [9.17, 15) is 10.1 Å². The molecule has 4 aromatic rings. The second-order valence-electron chi connectivity index (χ2n) is 10.4. The van der Waals surface area contributed by atoms with Crippen LogP contribution < -0.4 is 10.3 Å². The third-order valence-electron chi connectivity index (χ3n) is 7.53. The molecule has 3 heterocycles. The Morgan fingerprint density at radius 1 is 1.10 bits per heavy atom. The normalized spacial score (nSPS) is 13.7. The van der Waals surface area contributed by atoms with Gasteiger partial charge in [-0.3, -0.25) is 9.80 Å². The van der Waals surface area contributed by atoms with E-state index < -0.39 is 0 Å². The van der Waals surface area contributed by atoms with Crippen molar-refractivity contribution in [3.05, 3.63) is 77.6 Å². The molecule has 5 rings (SSSR count). The van der Waals surface area contributed by atoms with Crippen molar-refractivity contribution >= 4 is 22.8 Å². The van der Waals surface area contributed by atoms with Crippen LogP contribution in [-0.2, 0) is 6.42 Å². The first-order valence-corrected chi connectivity index (χ1v) is 14.4. The molecule has 2 N–H and O–H groups in total. The van der Waals surface area contributed by atoms with Crippen molar-refractivity contribution in [1.29, 1.82) is 5.26 Å². The SMILES string of the molecule is CCCCCN(c1nccc(-c2ccc(C(=O)NCCc3ccc4[nH]cc(C#N)c4c3)cc2)n1)N1CCCCC1. The lowest BCUT2D eigenvalue weighted by atomic mass is 10.1. The van der Waals surface area contributed by atoms with Gasteiger partial charge in [0.1, 0.15) is 6.07 Å². The summed E-state index contributed by atoms with van der Waals surface area (Å²) >= 11 is 0. The molecule has 0 saturated carbocycles. The van der Waals surface area contributed by atoms with Crippen LogP contribution in [0.5, 0.6) is 0 Å². The summed E-state index contributed by atoms with van der Waals surface area (Å²) in [6, 6.07) is 17.7. The minimum absolute atomic E-state index is 0.109. The number of unbranched alkanes of at least 4 members (excludes halogenated alkanes) is 2. The topological polar surface area (TPSA) is 101 Å². The highest BCUT2D eigenvalue weighted by Crippen LogP contribution is 2.23. The van der Waals surface area contributed by atoms with Crippen LogP contribution in [0.2, 0.25) is 0 Å². The first-order valence-electron chi connectivity index (χ1n) is 14.4. The minimum Gasteiger partial charge on any atom is -0.360 e. The van der Waals surface area contributed by atoms with E-state index in [4.69, 9.17) is 4.98 Å². The number of hydrogen-bond donors (Lipinski definition) is 2. The maximum absolute atomic E-state index is 12.8. The fourth-order valence-electron chi connectivity index (χ4n) is 5.26. The Labute approximate surface area is 236 Å². The Bertz CT molecular complexity index is 1460. The Hall–Kier alpha value is -4.22. The standard InChI is InChI=1S/C32H37N7O/c1-2-3-5-20-39(38-18-6-4-7-19-38)32-35-17-15-29(37-32)25-9-11-26(12-10-25)31(40)34-16-14-24-8-13-30-28(21-24)27(22-33)23-36-30/h8-13,15,17,21,23,36H,2-7,14,16,18-20H2,1H3,(H,34,40). The number of carbonyl (C=O) groups is 1. The Morgan fingerprint density at radius 3 is 2.70 bits per heavy atom. The second-order valence-corrected chi connectivity index (χ2v) is 10.4. The van der Waals surface area contributed by atoms with Crippen molar-refractivity contribution in [2.24, 2.45) is 0 Å². The molecule has 1 fully saturated rings. The molecule has 2 aromatic carbocycles. The summed E-state index contributed by atoms with van der Waals surface area (Å²) in [6.45, 7) is 5.76. The number of carbonyl (C=O) groups excluding carboxylic acids is 1. The molecule has 8 heteroatoms. The smallest absolute Gasteiger partial charge is 0.251 e. The third-order valence-corrected chi connectivity index (χ3v) is 7.53. The Kier molecular flexibility index (Phi) is 9.04. The highest BCUT2D eigenvalue weighted by molar-refractivity contribution is 5.94. The number of nitrogens with zero attached hydrogens (tertiary/aromatic N) is 5. The van der Waals surface area contributed by atoms with E-state index in [1.54, 1.807) is 6.20 Å².